The zero-order valence-corrected chi connectivity index (χ0v) is 15.9. The Morgan fingerprint density at radius 2 is 1.70 bits per heavy atom. The summed E-state index contributed by atoms with van der Waals surface area (Å²) in [5.41, 5.74) is 4.16. The van der Waals surface area contributed by atoms with Gasteiger partial charge in [0.25, 0.3) is 0 Å². The molecule has 1 heterocycles. The predicted octanol–water partition coefficient (Wildman–Crippen LogP) is 3.27. The third-order valence-electron chi connectivity index (χ3n) is 4.15. The van der Waals surface area contributed by atoms with Gasteiger partial charge >= 0.3 is 0 Å². The molecule has 0 atom stereocenters. The van der Waals surface area contributed by atoms with E-state index in [4.69, 9.17) is 4.42 Å². The fourth-order valence-corrected chi connectivity index (χ4v) is 2.59. The van der Waals surface area contributed by atoms with Gasteiger partial charge in [-0.1, -0.05) is 30.3 Å². The number of rotatable bonds is 6. The summed E-state index contributed by atoms with van der Waals surface area (Å²) < 4.78 is 5.56. The van der Waals surface area contributed by atoms with Gasteiger partial charge in [0.2, 0.25) is 5.89 Å². The normalized spacial score (nSPS) is 11.3. The Balaban J connectivity index is 1.51. The van der Waals surface area contributed by atoms with Gasteiger partial charge in [-0.2, -0.15) is 0 Å². The van der Waals surface area contributed by atoms with E-state index in [0.717, 1.165) is 17.2 Å². The Bertz CT molecular complexity index is 869. The zero-order chi connectivity index (χ0) is 19.1. The fourth-order valence-electron chi connectivity index (χ4n) is 2.59. The molecule has 27 heavy (non-hydrogen) atoms. The van der Waals surface area contributed by atoms with Crippen LogP contribution in [0, 0.1) is 0 Å². The highest BCUT2D eigenvalue weighted by Crippen LogP contribution is 2.17. The Morgan fingerprint density at radius 3 is 2.37 bits per heavy atom. The Hall–Kier alpha value is -3.28. The standard InChI is InChI=1S/C21H25N5O/c1-22-21(23-13-16-9-11-19(12-10-16)26(2)3)24-14-18-15-27-20(25-18)17-7-5-4-6-8-17/h4-12,15H,13-14H2,1-3H3,(H2,22,23,24). The maximum Gasteiger partial charge on any atom is 0.226 e. The molecule has 140 valence electrons. The maximum absolute atomic E-state index is 5.56. The average Bonchev–Trinajstić information content (AvgIpc) is 3.18. The minimum atomic E-state index is 0.537. The number of guanidine groups is 1. The van der Waals surface area contributed by atoms with Gasteiger partial charge in [-0.25, -0.2) is 4.98 Å². The summed E-state index contributed by atoms with van der Waals surface area (Å²) in [6.45, 7) is 1.23. The molecule has 2 N–H and O–H groups in total. The number of aromatic nitrogens is 1. The van der Waals surface area contributed by atoms with Crippen LogP contribution in [0.15, 0.2) is 70.3 Å². The van der Waals surface area contributed by atoms with Crippen LogP contribution < -0.4 is 15.5 Å². The number of nitrogens with zero attached hydrogens (tertiary/aromatic N) is 3. The van der Waals surface area contributed by atoms with Crippen molar-refractivity contribution < 1.29 is 4.42 Å². The number of hydrogen-bond donors (Lipinski definition) is 2. The Kier molecular flexibility index (Phi) is 6.10. The van der Waals surface area contributed by atoms with E-state index in [-0.39, 0.29) is 0 Å². The fraction of sp³-hybridized carbons (Fsp3) is 0.238. The van der Waals surface area contributed by atoms with Gasteiger partial charge in [-0.15, -0.1) is 0 Å². The minimum Gasteiger partial charge on any atom is -0.444 e. The van der Waals surface area contributed by atoms with Crippen molar-refractivity contribution in [1.82, 2.24) is 15.6 Å². The molecule has 2 aromatic carbocycles. The maximum atomic E-state index is 5.56. The molecule has 3 rings (SSSR count). The summed E-state index contributed by atoms with van der Waals surface area (Å²) in [6, 6.07) is 18.3. The molecule has 0 radical (unpaired) electrons. The summed E-state index contributed by atoms with van der Waals surface area (Å²) in [5, 5.41) is 6.57. The van der Waals surface area contributed by atoms with Crippen LogP contribution in [-0.2, 0) is 13.1 Å². The number of hydrogen-bond acceptors (Lipinski definition) is 4. The molecular formula is C21H25N5O. The van der Waals surface area contributed by atoms with Crippen molar-refractivity contribution in [3.63, 3.8) is 0 Å². The van der Waals surface area contributed by atoms with Crippen molar-refractivity contribution in [3.05, 3.63) is 72.1 Å². The lowest BCUT2D eigenvalue weighted by molar-refractivity contribution is 0.572. The third-order valence-corrected chi connectivity index (χ3v) is 4.15. The van der Waals surface area contributed by atoms with E-state index in [0.29, 0.717) is 19.0 Å². The summed E-state index contributed by atoms with van der Waals surface area (Å²) in [6.07, 6.45) is 1.67. The molecular weight excluding hydrogens is 338 g/mol. The lowest BCUT2D eigenvalue weighted by atomic mass is 10.2. The van der Waals surface area contributed by atoms with Crippen LogP contribution in [0.2, 0.25) is 0 Å². The van der Waals surface area contributed by atoms with Crippen molar-refractivity contribution in [2.75, 3.05) is 26.0 Å². The van der Waals surface area contributed by atoms with E-state index >= 15 is 0 Å². The van der Waals surface area contributed by atoms with Crippen molar-refractivity contribution in [1.29, 1.82) is 0 Å². The molecule has 0 fully saturated rings. The van der Waals surface area contributed by atoms with Crippen LogP contribution in [0.4, 0.5) is 5.69 Å². The van der Waals surface area contributed by atoms with E-state index in [2.05, 4.69) is 49.8 Å². The van der Waals surface area contributed by atoms with Crippen molar-refractivity contribution in [2.45, 2.75) is 13.1 Å². The van der Waals surface area contributed by atoms with Gasteiger partial charge in [0.1, 0.15) is 6.26 Å². The Morgan fingerprint density at radius 1 is 1.00 bits per heavy atom. The van der Waals surface area contributed by atoms with Crippen LogP contribution in [0.1, 0.15) is 11.3 Å². The van der Waals surface area contributed by atoms with Gasteiger partial charge in [-0.3, -0.25) is 4.99 Å². The molecule has 0 aliphatic rings. The summed E-state index contributed by atoms with van der Waals surface area (Å²) >= 11 is 0. The van der Waals surface area contributed by atoms with Gasteiger partial charge < -0.3 is 20.0 Å². The van der Waals surface area contributed by atoms with Gasteiger partial charge in [0.15, 0.2) is 5.96 Å². The summed E-state index contributed by atoms with van der Waals surface area (Å²) in [7, 11) is 5.82. The van der Waals surface area contributed by atoms with E-state index in [1.54, 1.807) is 13.3 Å². The molecule has 6 nitrogen and oxygen atoms in total. The van der Waals surface area contributed by atoms with Crippen LogP contribution in [0.5, 0.6) is 0 Å². The molecule has 0 aliphatic heterocycles. The lowest BCUT2D eigenvalue weighted by Crippen LogP contribution is -2.36. The molecule has 0 unspecified atom stereocenters. The highest BCUT2D eigenvalue weighted by Gasteiger charge is 2.07. The van der Waals surface area contributed by atoms with Gasteiger partial charge in [0.05, 0.1) is 12.2 Å². The van der Waals surface area contributed by atoms with E-state index in [1.807, 2.05) is 44.4 Å². The molecule has 0 spiro atoms. The van der Waals surface area contributed by atoms with Crippen LogP contribution in [-0.4, -0.2) is 32.1 Å². The first-order valence-electron chi connectivity index (χ1n) is 8.86. The van der Waals surface area contributed by atoms with Gasteiger partial charge in [-0.05, 0) is 29.8 Å². The second-order valence-electron chi connectivity index (χ2n) is 6.35. The lowest BCUT2D eigenvalue weighted by Gasteiger charge is -2.14. The zero-order valence-electron chi connectivity index (χ0n) is 15.9. The Labute approximate surface area is 160 Å². The molecule has 0 bridgehead atoms. The molecule has 0 aliphatic carbocycles. The predicted molar refractivity (Wildman–Crippen MR) is 110 cm³/mol. The second kappa shape index (κ2) is 8.89. The average molecular weight is 363 g/mol. The van der Waals surface area contributed by atoms with Crippen molar-refractivity contribution in [2.24, 2.45) is 4.99 Å². The highest BCUT2D eigenvalue weighted by atomic mass is 16.3. The summed E-state index contributed by atoms with van der Waals surface area (Å²) in [5.74, 6) is 1.34. The van der Waals surface area contributed by atoms with Crippen LogP contribution in [0.25, 0.3) is 11.5 Å². The number of aliphatic imine (C=N–C) groups is 1. The smallest absolute Gasteiger partial charge is 0.226 e. The summed E-state index contributed by atoms with van der Waals surface area (Å²) in [4.78, 5) is 10.9. The van der Waals surface area contributed by atoms with E-state index in [9.17, 15) is 0 Å². The largest absolute Gasteiger partial charge is 0.444 e. The SMILES string of the molecule is CN=C(NCc1ccc(N(C)C)cc1)NCc1coc(-c2ccccc2)n1. The second-order valence-corrected chi connectivity index (χ2v) is 6.35. The van der Waals surface area contributed by atoms with Gasteiger partial charge in [0, 0.05) is 38.9 Å². The third kappa shape index (κ3) is 5.10. The minimum absolute atomic E-state index is 0.537. The first kappa shape index (κ1) is 18.5. The number of anilines is 1. The van der Waals surface area contributed by atoms with E-state index < -0.39 is 0 Å². The van der Waals surface area contributed by atoms with Crippen molar-refractivity contribution in [3.8, 4) is 11.5 Å². The number of oxazole rings is 1. The first-order valence-corrected chi connectivity index (χ1v) is 8.86. The molecule has 0 saturated carbocycles. The quantitative estimate of drug-likeness (QED) is 0.520. The molecule has 3 aromatic rings. The first-order chi connectivity index (χ1) is 13.2. The van der Waals surface area contributed by atoms with E-state index in [1.165, 1.54) is 11.3 Å². The monoisotopic (exact) mass is 363 g/mol. The van der Waals surface area contributed by atoms with Crippen molar-refractivity contribution >= 4 is 11.6 Å². The number of benzene rings is 2. The molecule has 0 saturated heterocycles. The topological polar surface area (TPSA) is 65.7 Å². The van der Waals surface area contributed by atoms with Crippen LogP contribution >= 0.6 is 0 Å². The van der Waals surface area contributed by atoms with Crippen LogP contribution in [0.3, 0.4) is 0 Å². The highest BCUT2D eigenvalue weighted by molar-refractivity contribution is 5.79. The molecule has 1 aromatic heterocycles. The molecule has 6 heteroatoms. The molecule has 0 amide bonds. The number of nitrogens with one attached hydrogen (secondary N) is 2.